The second kappa shape index (κ2) is 27.3. The van der Waals surface area contributed by atoms with E-state index in [0.717, 1.165) is 50.4 Å². The van der Waals surface area contributed by atoms with Gasteiger partial charge < -0.3 is 20.1 Å². The van der Waals surface area contributed by atoms with E-state index in [1.54, 1.807) is 6.08 Å². The van der Waals surface area contributed by atoms with Gasteiger partial charge in [0.1, 0.15) is 6.10 Å². The van der Waals surface area contributed by atoms with E-state index in [0.29, 0.717) is 6.42 Å². The van der Waals surface area contributed by atoms with Gasteiger partial charge in [-0.05, 0) is 31.1 Å². The average molecular weight is 633 g/mol. The summed E-state index contributed by atoms with van der Waals surface area (Å²) < 4.78 is 37.2. The first-order valence-electron chi connectivity index (χ1n) is 17.4. The lowest BCUT2D eigenvalue weighted by Crippen LogP contribution is -2.49. The van der Waals surface area contributed by atoms with Crippen molar-refractivity contribution in [1.82, 2.24) is 5.32 Å². The molecular weight excluding hydrogens is 566 g/mol. The molecule has 0 saturated heterocycles. The number of nitrogens with one attached hydrogen (secondary N) is 1. The third kappa shape index (κ3) is 29.5. The number of carbonyl (C=O) groups is 1. The third-order valence-electron chi connectivity index (χ3n) is 7.93. The summed E-state index contributed by atoms with van der Waals surface area (Å²) in [7, 11) is -4.99. The summed E-state index contributed by atoms with van der Waals surface area (Å²) in [5, 5.41) is 23.3. The maximum absolute atomic E-state index is 12.5. The first-order valence-corrected chi connectivity index (χ1v) is 18.7. The van der Waals surface area contributed by atoms with E-state index in [2.05, 4.69) is 37.2 Å². The highest BCUT2D eigenvalue weighted by atomic mass is 32.3. The molecule has 9 heteroatoms. The summed E-state index contributed by atoms with van der Waals surface area (Å²) in [5.74, 6) is 0.845. The monoisotopic (exact) mass is 632 g/mol. The number of carbonyl (C=O) groups excluding carboxylic acids is 1. The highest BCUT2D eigenvalue weighted by Crippen LogP contribution is 2.15. The summed E-state index contributed by atoms with van der Waals surface area (Å²) in [6.45, 7) is 8.34. The van der Waals surface area contributed by atoms with Crippen molar-refractivity contribution in [3.05, 3.63) is 12.2 Å². The Kier molecular flexibility index (Phi) is 26.7. The van der Waals surface area contributed by atoms with Gasteiger partial charge >= 0.3 is 0 Å². The number of hydrogen-bond acceptors (Lipinski definition) is 7. The summed E-state index contributed by atoms with van der Waals surface area (Å²) in [4.78, 5) is 12.5. The SMILES string of the molecule is CC(C)CCCCCCCCCCC/C=C/[C@@H](O)[C@H](COS(=O)(=O)[O-])NC(=O)[C@H](O)CCCCCCCCCCC(C)C. The molecule has 0 spiro atoms. The van der Waals surface area contributed by atoms with Gasteiger partial charge in [0, 0.05) is 0 Å². The highest BCUT2D eigenvalue weighted by molar-refractivity contribution is 7.80. The topological polar surface area (TPSA) is 136 Å². The van der Waals surface area contributed by atoms with E-state index in [1.165, 1.54) is 89.5 Å². The molecule has 0 radical (unpaired) electrons. The van der Waals surface area contributed by atoms with Gasteiger partial charge in [-0.25, -0.2) is 8.42 Å². The van der Waals surface area contributed by atoms with Crippen LogP contribution in [0.25, 0.3) is 0 Å². The van der Waals surface area contributed by atoms with Crippen molar-refractivity contribution in [3.8, 4) is 0 Å². The van der Waals surface area contributed by atoms with Crippen molar-refractivity contribution < 1.29 is 32.2 Å². The van der Waals surface area contributed by atoms with E-state index in [4.69, 9.17) is 0 Å². The number of hydrogen-bond donors (Lipinski definition) is 3. The zero-order chi connectivity index (χ0) is 32.3. The molecule has 0 rings (SSSR count). The number of amides is 1. The Morgan fingerprint density at radius 1 is 0.698 bits per heavy atom. The Balaban J connectivity index is 4.25. The number of allylic oxidation sites excluding steroid dienone is 1. The van der Waals surface area contributed by atoms with Crippen molar-refractivity contribution >= 4 is 16.3 Å². The van der Waals surface area contributed by atoms with Crippen LogP contribution >= 0.6 is 0 Å². The average Bonchev–Trinajstić information content (AvgIpc) is 2.93. The molecule has 0 aliphatic rings. The fourth-order valence-corrected chi connectivity index (χ4v) is 5.48. The van der Waals surface area contributed by atoms with Gasteiger partial charge in [0.05, 0.1) is 18.8 Å². The predicted octanol–water partition coefficient (Wildman–Crippen LogP) is 7.73. The molecule has 0 fully saturated rings. The Morgan fingerprint density at radius 2 is 1.09 bits per heavy atom. The summed E-state index contributed by atoms with van der Waals surface area (Å²) in [6, 6.07) is -1.17. The molecule has 0 unspecified atom stereocenters. The lowest BCUT2D eigenvalue weighted by molar-refractivity contribution is -0.131. The molecule has 1 amide bonds. The minimum absolute atomic E-state index is 0.276. The van der Waals surface area contributed by atoms with Gasteiger partial charge in [0.2, 0.25) is 16.3 Å². The number of unbranched alkanes of at least 4 members (excludes halogenated alkanes) is 16. The van der Waals surface area contributed by atoms with Crippen LogP contribution in [-0.2, 0) is 19.4 Å². The second-order valence-electron chi connectivity index (χ2n) is 13.2. The van der Waals surface area contributed by atoms with Gasteiger partial charge in [-0.2, -0.15) is 0 Å². The van der Waals surface area contributed by atoms with E-state index in [9.17, 15) is 28.0 Å². The lowest BCUT2D eigenvalue weighted by Gasteiger charge is -2.24. The largest absolute Gasteiger partial charge is 0.726 e. The molecule has 0 aromatic rings. The van der Waals surface area contributed by atoms with Crippen LogP contribution in [0.5, 0.6) is 0 Å². The fraction of sp³-hybridized carbons (Fsp3) is 0.912. The maximum Gasteiger partial charge on any atom is 0.249 e. The van der Waals surface area contributed by atoms with Gasteiger partial charge in [-0.15, -0.1) is 0 Å². The predicted molar refractivity (Wildman–Crippen MR) is 175 cm³/mol. The van der Waals surface area contributed by atoms with Crippen LogP contribution in [0.4, 0.5) is 0 Å². The lowest BCUT2D eigenvalue weighted by atomic mass is 10.0. The summed E-state index contributed by atoms with van der Waals surface area (Å²) in [6.07, 6.45) is 24.2. The molecule has 43 heavy (non-hydrogen) atoms. The molecule has 8 nitrogen and oxygen atoms in total. The Morgan fingerprint density at radius 3 is 1.51 bits per heavy atom. The molecular formula is C34H66NO7S-. The van der Waals surface area contributed by atoms with E-state index in [-0.39, 0.29) is 6.42 Å². The Labute approximate surface area is 264 Å². The molecule has 0 aliphatic carbocycles. The van der Waals surface area contributed by atoms with Crippen LogP contribution < -0.4 is 5.32 Å². The molecule has 0 aromatic carbocycles. The Bertz CT molecular complexity index is 786. The highest BCUT2D eigenvalue weighted by Gasteiger charge is 2.24. The maximum atomic E-state index is 12.5. The minimum Gasteiger partial charge on any atom is -0.726 e. The first kappa shape index (κ1) is 42.0. The summed E-state index contributed by atoms with van der Waals surface area (Å²) >= 11 is 0. The zero-order valence-corrected chi connectivity index (χ0v) is 28.8. The second-order valence-corrected chi connectivity index (χ2v) is 14.2. The molecule has 0 aromatic heterocycles. The van der Waals surface area contributed by atoms with E-state index >= 15 is 0 Å². The van der Waals surface area contributed by atoms with Gasteiger partial charge in [0.25, 0.3) is 0 Å². The van der Waals surface area contributed by atoms with Crippen molar-refractivity contribution in [2.75, 3.05) is 6.61 Å². The minimum atomic E-state index is -4.99. The quantitative estimate of drug-likeness (QED) is 0.0319. The van der Waals surface area contributed by atoms with Crippen molar-refractivity contribution in [2.24, 2.45) is 11.8 Å². The molecule has 0 bridgehead atoms. The van der Waals surface area contributed by atoms with Crippen LogP contribution in [0, 0.1) is 11.8 Å². The number of rotatable bonds is 30. The standard InChI is InChI=1S/C34H67NO7S/c1-29(2)24-20-16-12-8-6-5-7-9-14-18-22-26-32(36)31(28-42-43(39,40)41)35-34(38)33(37)27-23-19-15-11-10-13-17-21-25-30(3)4/h22,26,29-33,36-37H,5-21,23-25,27-28H2,1-4H3,(H,35,38)(H,39,40,41)/p-1/b26-22+/t31-,32+,33+/m0/s1. The van der Waals surface area contributed by atoms with Gasteiger partial charge in [-0.1, -0.05) is 155 Å². The molecule has 256 valence electrons. The normalized spacial score (nSPS) is 14.5. The van der Waals surface area contributed by atoms with E-state index in [1.807, 2.05) is 0 Å². The third-order valence-corrected chi connectivity index (χ3v) is 8.35. The molecule has 3 N–H and O–H groups in total. The molecule has 0 aliphatic heterocycles. The van der Waals surface area contributed by atoms with E-state index < -0.39 is 41.2 Å². The van der Waals surface area contributed by atoms with Crippen LogP contribution in [0.1, 0.15) is 163 Å². The molecule has 0 heterocycles. The first-order chi connectivity index (χ1) is 20.4. The number of aliphatic hydroxyl groups excluding tert-OH is 2. The van der Waals surface area contributed by atoms with Gasteiger partial charge in [-0.3, -0.25) is 8.98 Å². The number of aliphatic hydroxyl groups is 2. The zero-order valence-electron chi connectivity index (χ0n) is 27.9. The van der Waals surface area contributed by atoms with Crippen LogP contribution in [0.15, 0.2) is 12.2 Å². The summed E-state index contributed by atoms with van der Waals surface area (Å²) in [5.41, 5.74) is 0. The van der Waals surface area contributed by atoms with Gasteiger partial charge in [0.15, 0.2) is 0 Å². The van der Waals surface area contributed by atoms with Crippen LogP contribution in [-0.4, -0.2) is 53.9 Å². The van der Waals surface area contributed by atoms with Crippen LogP contribution in [0.3, 0.4) is 0 Å². The van der Waals surface area contributed by atoms with Crippen molar-refractivity contribution in [3.63, 3.8) is 0 Å². The molecule has 3 atom stereocenters. The smallest absolute Gasteiger partial charge is 0.249 e. The Hall–Kier alpha value is -1.00. The van der Waals surface area contributed by atoms with Crippen molar-refractivity contribution in [2.45, 2.75) is 181 Å². The fourth-order valence-electron chi connectivity index (χ4n) is 5.17. The molecule has 0 saturated carbocycles. The van der Waals surface area contributed by atoms with Crippen LogP contribution in [0.2, 0.25) is 0 Å². The van der Waals surface area contributed by atoms with Crippen molar-refractivity contribution in [1.29, 1.82) is 0 Å².